The largest absolute Gasteiger partial charge is 0.479 e. The maximum atomic E-state index is 11.9. The zero-order chi connectivity index (χ0) is 13.1. The van der Waals surface area contributed by atoms with Gasteiger partial charge in [-0.15, -0.1) is 11.3 Å². The number of amides is 2. The number of carbonyl (C=O) groups excluding carboxylic acids is 2. The van der Waals surface area contributed by atoms with Crippen molar-refractivity contribution in [3.8, 4) is 0 Å². The molecule has 2 amide bonds. The number of nitrogens with zero attached hydrogens (tertiary/aromatic N) is 1. The van der Waals surface area contributed by atoms with E-state index in [4.69, 9.17) is 0 Å². The maximum absolute atomic E-state index is 11.9. The van der Waals surface area contributed by atoms with Gasteiger partial charge in [-0.3, -0.25) is 14.5 Å². The summed E-state index contributed by atoms with van der Waals surface area (Å²) in [5, 5.41) is 11.0. The summed E-state index contributed by atoms with van der Waals surface area (Å²) in [6.07, 6.45) is 1.75. The van der Waals surface area contributed by atoms with Crippen molar-refractivity contribution in [2.45, 2.75) is 31.7 Å². The van der Waals surface area contributed by atoms with Crippen molar-refractivity contribution in [1.29, 1.82) is 0 Å². The Kier molecular flexibility index (Phi) is 3.76. The minimum Gasteiger partial charge on any atom is -0.479 e. The van der Waals surface area contributed by atoms with Gasteiger partial charge in [0, 0.05) is 17.7 Å². The summed E-state index contributed by atoms with van der Waals surface area (Å²) in [4.78, 5) is 36.6. The zero-order valence-corrected chi connectivity index (χ0v) is 10.5. The Hall–Kier alpha value is -1.69. The van der Waals surface area contributed by atoms with E-state index in [9.17, 15) is 19.5 Å². The third-order valence-corrected chi connectivity index (χ3v) is 3.80. The monoisotopic (exact) mass is 267 g/mol. The van der Waals surface area contributed by atoms with E-state index in [1.165, 1.54) is 11.3 Å². The highest BCUT2D eigenvalue weighted by Gasteiger charge is 2.37. The highest BCUT2D eigenvalue weighted by atomic mass is 32.1. The smallest absolute Gasteiger partial charge is 0.332 e. The Morgan fingerprint density at radius 3 is 2.33 bits per heavy atom. The van der Waals surface area contributed by atoms with Crippen LogP contribution in [0.25, 0.3) is 0 Å². The third kappa shape index (κ3) is 2.43. The van der Waals surface area contributed by atoms with Gasteiger partial charge in [0.05, 0.1) is 0 Å². The molecule has 96 valence electrons. The average molecular weight is 267 g/mol. The lowest BCUT2D eigenvalue weighted by atomic mass is 10.2. The van der Waals surface area contributed by atoms with Gasteiger partial charge in [0.2, 0.25) is 11.8 Å². The minimum absolute atomic E-state index is 0.237. The molecule has 1 aliphatic heterocycles. The standard InChI is InChI=1S/C12H13NO4S/c14-9-5-1-2-6-10(15)13(9)11(12(16)17)8-4-3-7-18-8/h3-4,7,11H,1-2,5-6H2,(H,16,17). The Balaban J connectivity index is 2.37. The van der Waals surface area contributed by atoms with Crippen molar-refractivity contribution in [2.75, 3.05) is 0 Å². The predicted molar refractivity (Wildman–Crippen MR) is 65.0 cm³/mol. The molecule has 0 saturated carbocycles. The quantitative estimate of drug-likeness (QED) is 0.847. The van der Waals surface area contributed by atoms with Crippen LogP contribution < -0.4 is 0 Å². The average Bonchev–Trinajstić information content (AvgIpc) is 2.78. The van der Waals surface area contributed by atoms with E-state index in [0.29, 0.717) is 17.7 Å². The molecule has 1 unspecified atom stereocenters. The zero-order valence-electron chi connectivity index (χ0n) is 9.67. The number of rotatable bonds is 3. The summed E-state index contributed by atoms with van der Waals surface area (Å²) in [7, 11) is 0. The van der Waals surface area contributed by atoms with Crippen molar-refractivity contribution in [3.05, 3.63) is 22.4 Å². The second kappa shape index (κ2) is 5.30. The van der Waals surface area contributed by atoms with E-state index in [2.05, 4.69) is 0 Å². The number of hydrogen-bond donors (Lipinski definition) is 1. The molecular formula is C12H13NO4S. The molecule has 1 N–H and O–H groups in total. The number of carboxylic acids is 1. The summed E-state index contributed by atoms with van der Waals surface area (Å²) in [5.41, 5.74) is 0. The van der Waals surface area contributed by atoms with Crippen LogP contribution in [0.5, 0.6) is 0 Å². The number of aliphatic carboxylic acids is 1. The molecule has 0 radical (unpaired) electrons. The van der Waals surface area contributed by atoms with Crippen LogP contribution in [0.15, 0.2) is 17.5 Å². The number of hydrogen-bond acceptors (Lipinski definition) is 4. The van der Waals surface area contributed by atoms with E-state index in [1.54, 1.807) is 17.5 Å². The van der Waals surface area contributed by atoms with Gasteiger partial charge in [0.15, 0.2) is 6.04 Å². The fourth-order valence-electron chi connectivity index (χ4n) is 2.03. The van der Waals surface area contributed by atoms with Crippen LogP contribution in [-0.2, 0) is 14.4 Å². The molecule has 0 bridgehead atoms. The predicted octanol–water partition coefficient (Wildman–Crippen LogP) is 1.80. The van der Waals surface area contributed by atoms with Crippen LogP contribution in [-0.4, -0.2) is 27.8 Å². The SMILES string of the molecule is O=C(O)C(c1cccs1)N1C(=O)CCCCC1=O. The third-order valence-electron chi connectivity index (χ3n) is 2.87. The molecule has 2 heterocycles. The van der Waals surface area contributed by atoms with Crippen molar-refractivity contribution >= 4 is 29.1 Å². The second-order valence-electron chi connectivity index (χ2n) is 4.12. The van der Waals surface area contributed by atoms with Gasteiger partial charge in [-0.05, 0) is 24.3 Å². The lowest BCUT2D eigenvalue weighted by molar-refractivity contribution is -0.157. The van der Waals surface area contributed by atoms with Crippen LogP contribution >= 0.6 is 11.3 Å². The van der Waals surface area contributed by atoms with Crippen LogP contribution in [0.1, 0.15) is 36.6 Å². The normalized spacial score (nSPS) is 18.6. The van der Waals surface area contributed by atoms with E-state index < -0.39 is 23.8 Å². The Morgan fingerprint density at radius 1 is 1.28 bits per heavy atom. The lowest BCUT2D eigenvalue weighted by Crippen LogP contribution is -2.41. The van der Waals surface area contributed by atoms with E-state index in [-0.39, 0.29) is 12.8 Å². The first-order valence-electron chi connectivity index (χ1n) is 5.72. The summed E-state index contributed by atoms with van der Waals surface area (Å²) < 4.78 is 0. The number of imide groups is 1. The molecule has 2 rings (SSSR count). The van der Waals surface area contributed by atoms with Gasteiger partial charge in [-0.1, -0.05) is 6.07 Å². The highest BCUT2D eigenvalue weighted by Crippen LogP contribution is 2.29. The van der Waals surface area contributed by atoms with Crippen molar-refractivity contribution in [1.82, 2.24) is 4.90 Å². The molecule has 1 aromatic heterocycles. The van der Waals surface area contributed by atoms with Gasteiger partial charge in [0.1, 0.15) is 0 Å². The molecule has 1 aliphatic rings. The molecular weight excluding hydrogens is 254 g/mol. The lowest BCUT2D eigenvalue weighted by Gasteiger charge is -2.25. The molecule has 1 fully saturated rings. The van der Waals surface area contributed by atoms with E-state index >= 15 is 0 Å². The molecule has 0 aliphatic carbocycles. The highest BCUT2D eigenvalue weighted by molar-refractivity contribution is 7.10. The first-order valence-corrected chi connectivity index (χ1v) is 6.60. The molecule has 1 atom stereocenters. The van der Waals surface area contributed by atoms with Crippen molar-refractivity contribution in [3.63, 3.8) is 0 Å². The van der Waals surface area contributed by atoms with Crippen LogP contribution in [0, 0.1) is 0 Å². The summed E-state index contributed by atoms with van der Waals surface area (Å²) in [6.45, 7) is 0. The molecule has 5 nitrogen and oxygen atoms in total. The Bertz CT molecular complexity index is 450. The number of likely N-dealkylation sites (tertiary alicyclic amines) is 1. The fourth-order valence-corrected chi connectivity index (χ4v) is 2.83. The molecule has 18 heavy (non-hydrogen) atoms. The molecule has 6 heteroatoms. The molecule has 0 spiro atoms. The van der Waals surface area contributed by atoms with Gasteiger partial charge in [-0.2, -0.15) is 0 Å². The van der Waals surface area contributed by atoms with Gasteiger partial charge >= 0.3 is 5.97 Å². The van der Waals surface area contributed by atoms with Gasteiger partial charge in [-0.25, -0.2) is 4.79 Å². The summed E-state index contributed by atoms with van der Waals surface area (Å²) >= 11 is 1.24. The Morgan fingerprint density at radius 2 is 1.89 bits per heavy atom. The first kappa shape index (κ1) is 12.8. The van der Waals surface area contributed by atoms with Crippen LogP contribution in [0.4, 0.5) is 0 Å². The topological polar surface area (TPSA) is 74.7 Å². The van der Waals surface area contributed by atoms with Gasteiger partial charge in [0.25, 0.3) is 0 Å². The fraction of sp³-hybridized carbons (Fsp3) is 0.417. The molecule has 1 aromatic rings. The number of thiophene rings is 1. The summed E-state index contributed by atoms with van der Waals surface area (Å²) in [5.74, 6) is -1.95. The summed E-state index contributed by atoms with van der Waals surface area (Å²) in [6, 6.07) is 2.17. The van der Waals surface area contributed by atoms with Crippen LogP contribution in [0.2, 0.25) is 0 Å². The van der Waals surface area contributed by atoms with Crippen LogP contribution in [0.3, 0.4) is 0 Å². The molecule has 0 aromatic carbocycles. The number of carboxylic acid groups (broad SMARTS) is 1. The van der Waals surface area contributed by atoms with Crippen molar-refractivity contribution in [2.24, 2.45) is 0 Å². The van der Waals surface area contributed by atoms with Crippen molar-refractivity contribution < 1.29 is 19.5 Å². The molecule has 1 saturated heterocycles. The maximum Gasteiger partial charge on any atom is 0.332 e. The van der Waals surface area contributed by atoms with E-state index in [0.717, 1.165) is 4.90 Å². The second-order valence-corrected chi connectivity index (χ2v) is 5.10. The number of carbonyl (C=O) groups is 3. The van der Waals surface area contributed by atoms with E-state index in [1.807, 2.05) is 0 Å². The minimum atomic E-state index is -1.18. The first-order chi connectivity index (χ1) is 8.61. The van der Waals surface area contributed by atoms with Gasteiger partial charge < -0.3 is 5.11 Å². The Labute approximate surface area is 108 Å².